The van der Waals surface area contributed by atoms with Crippen molar-refractivity contribution in [3.8, 4) is 23.3 Å². The fourth-order valence-electron chi connectivity index (χ4n) is 1.72. The van der Waals surface area contributed by atoms with Gasteiger partial charge in [-0.25, -0.2) is 0 Å². The van der Waals surface area contributed by atoms with E-state index < -0.39 is 0 Å². The summed E-state index contributed by atoms with van der Waals surface area (Å²) in [6, 6.07) is 4.07. The quantitative estimate of drug-likeness (QED) is 0.578. The lowest BCUT2D eigenvalue weighted by Crippen LogP contribution is -2.14. The van der Waals surface area contributed by atoms with E-state index >= 15 is 0 Å². The number of nitrogens with one attached hydrogen (secondary N) is 1. The highest BCUT2D eigenvalue weighted by Crippen LogP contribution is 2.36. The van der Waals surface area contributed by atoms with E-state index in [2.05, 4.69) is 46.1 Å². The maximum atomic E-state index is 5.68. The van der Waals surface area contributed by atoms with Gasteiger partial charge in [-0.15, -0.1) is 5.92 Å². The minimum atomic E-state index is 0.364. The first kappa shape index (κ1) is 16.9. The molecule has 0 spiro atoms. The topological polar surface area (TPSA) is 30.5 Å². The lowest BCUT2D eigenvalue weighted by Gasteiger charge is -2.14. The van der Waals surface area contributed by atoms with Crippen molar-refractivity contribution in [2.75, 3.05) is 19.8 Å². The van der Waals surface area contributed by atoms with Gasteiger partial charge in [0, 0.05) is 6.54 Å². The Morgan fingerprint density at radius 2 is 2.05 bits per heavy atom. The Kier molecular flexibility index (Phi) is 8.17. The zero-order valence-corrected chi connectivity index (χ0v) is 14.0. The summed E-state index contributed by atoms with van der Waals surface area (Å²) < 4.78 is 12.2. The summed E-state index contributed by atoms with van der Waals surface area (Å²) in [5.41, 5.74) is 1.17. The van der Waals surface area contributed by atoms with Crippen molar-refractivity contribution >= 4 is 15.9 Å². The first-order valence-corrected chi connectivity index (χ1v) is 7.70. The number of hydrogen-bond acceptors (Lipinski definition) is 3. The number of benzene rings is 1. The number of hydrogen-bond donors (Lipinski definition) is 1. The van der Waals surface area contributed by atoms with Crippen molar-refractivity contribution in [1.82, 2.24) is 5.32 Å². The minimum absolute atomic E-state index is 0.364. The van der Waals surface area contributed by atoms with Crippen LogP contribution in [0.2, 0.25) is 0 Å². The molecule has 0 aliphatic heterocycles. The fourth-order valence-corrected chi connectivity index (χ4v) is 2.32. The van der Waals surface area contributed by atoms with Crippen LogP contribution in [0.1, 0.15) is 32.8 Å². The molecule has 0 heterocycles. The van der Waals surface area contributed by atoms with Crippen molar-refractivity contribution in [2.24, 2.45) is 0 Å². The molecule has 0 aliphatic rings. The molecule has 0 amide bonds. The second-order valence-corrected chi connectivity index (χ2v) is 5.08. The third-order valence-corrected chi connectivity index (χ3v) is 3.18. The summed E-state index contributed by atoms with van der Waals surface area (Å²) in [6.07, 6.45) is 1.12. The second-order valence-electron chi connectivity index (χ2n) is 4.23. The molecule has 0 saturated carbocycles. The van der Waals surface area contributed by atoms with Gasteiger partial charge in [-0.1, -0.05) is 12.8 Å². The summed E-state index contributed by atoms with van der Waals surface area (Å²) in [6.45, 7) is 8.71. The van der Waals surface area contributed by atoms with E-state index in [0.29, 0.717) is 19.0 Å². The summed E-state index contributed by atoms with van der Waals surface area (Å²) >= 11 is 3.55. The van der Waals surface area contributed by atoms with E-state index in [0.717, 1.165) is 29.7 Å². The van der Waals surface area contributed by atoms with E-state index in [1.807, 2.05) is 13.0 Å². The van der Waals surface area contributed by atoms with Crippen LogP contribution in [0.3, 0.4) is 0 Å². The van der Waals surface area contributed by atoms with Gasteiger partial charge in [0.15, 0.2) is 11.5 Å². The van der Waals surface area contributed by atoms with E-state index in [9.17, 15) is 0 Å². The normalized spacial score (nSPS) is 9.80. The van der Waals surface area contributed by atoms with Crippen LogP contribution in [0.25, 0.3) is 0 Å². The molecule has 110 valence electrons. The predicted molar refractivity (Wildman–Crippen MR) is 86.3 cm³/mol. The molecule has 4 heteroatoms. The SMILES string of the molecule is CC#CCOc1c(Br)cc(CNCCC)cc1OCC. The van der Waals surface area contributed by atoms with Gasteiger partial charge < -0.3 is 14.8 Å². The van der Waals surface area contributed by atoms with E-state index in [1.165, 1.54) is 5.56 Å². The second kappa shape index (κ2) is 9.68. The van der Waals surface area contributed by atoms with E-state index in [4.69, 9.17) is 9.47 Å². The van der Waals surface area contributed by atoms with Crippen LogP contribution in [0, 0.1) is 11.8 Å². The highest BCUT2D eigenvalue weighted by atomic mass is 79.9. The highest BCUT2D eigenvalue weighted by Gasteiger charge is 2.11. The zero-order chi connectivity index (χ0) is 14.8. The van der Waals surface area contributed by atoms with Gasteiger partial charge in [0.2, 0.25) is 0 Å². The molecule has 1 N–H and O–H groups in total. The Morgan fingerprint density at radius 1 is 1.25 bits per heavy atom. The fraction of sp³-hybridized carbons (Fsp3) is 0.500. The molecule has 1 aromatic carbocycles. The Morgan fingerprint density at radius 3 is 2.70 bits per heavy atom. The molecule has 3 nitrogen and oxygen atoms in total. The number of ether oxygens (including phenoxy) is 2. The molecular formula is C16H22BrNO2. The molecule has 0 aromatic heterocycles. The van der Waals surface area contributed by atoms with Crippen LogP contribution in [0.5, 0.6) is 11.5 Å². The maximum Gasteiger partial charge on any atom is 0.176 e. The molecule has 0 fully saturated rings. The monoisotopic (exact) mass is 339 g/mol. The Labute approximate surface area is 130 Å². The smallest absolute Gasteiger partial charge is 0.176 e. The van der Waals surface area contributed by atoms with Gasteiger partial charge in [0.1, 0.15) is 6.61 Å². The lowest BCUT2D eigenvalue weighted by molar-refractivity contribution is 0.297. The standard InChI is InChI=1S/C16H22BrNO2/c1-4-7-9-20-16-14(17)10-13(12-18-8-5-2)11-15(16)19-6-3/h10-11,18H,5-6,8-9,12H2,1-3H3. The van der Waals surface area contributed by atoms with Crippen molar-refractivity contribution < 1.29 is 9.47 Å². The summed E-state index contributed by atoms with van der Waals surface area (Å²) in [5.74, 6) is 7.18. The van der Waals surface area contributed by atoms with Gasteiger partial charge >= 0.3 is 0 Å². The number of halogens is 1. The summed E-state index contributed by atoms with van der Waals surface area (Å²) in [4.78, 5) is 0. The minimum Gasteiger partial charge on any atom is -0.490 e. The molecule has 20 heavy (non-hydrogen) atoms. The summed E-state index contributed by atoms with van der Waals surface area (Å²) in [7, 11) is 0. The van der Waals surface area contributed by atoms with E-state index in [-0.39, 0.29) is 0 Å². The molecular weight excluding hydrogens is 318 g/mol. The first-order chi connectivity index (χ1) is 9.72. The highest BCUT2D eigenvalue weighted by molar-refractivity contribution is 9.10. The molecule has 0 bridgehead atoms. The van der Waals surface area contributed by atoms with Crippen LogP contribution in [-0.2, 0) is 6.54 Å². The maximum absolute atomic E-state index is 5.68. The average Bonchev–Trinajstić information content (AvgIpc) is 2.42. The van der Waals surface area contributed by atoms with Gasteiger partial charge in [-0.3, -0.25) is 0 Å². The van der Waals surface area contributed by atoms with Crippen molar-refractivity contribution in [3.05, 3.63) is 22.2 Å². The number of rotatable bonds is 8. The van der Waals surface area contributed by atoms with Gasteiger partial charge in [0.25, 0.3) is 0 Å². The molecule has 0 radical (unpaired) electrons. The Balaban J connectivity index is 2.88. The largest absolute Gasteiger partial charge is 0.490 e. The van der Waals surface area contributed by atoms with Gasteiger partial charge in [-0.2, -0.15) is 0 Å². The van der Waals surface area contributed by atoms with Crippen molar-refractivity contribution in [3.63, 3.8) is 0 Å². The van der Waals surface area contributed by atoms with Crippen LogP contribution in [0.4, 0.5) is 0 Å². The lowest BCUT2D eigenvalue weighted by atomic mass is 10.2. The Hall–Kier alpha value is -1.18. The molecule has 1 aromatic rings. The van der Waals surface area contributed by atoms with Crippen LogP contribution in [-0.4, -0.2) is 19.8 Å². The molecule has 0 unspecified atom stereocenters. The molecule has 1 rings (SSSR count). The zero-order valence-electron chi connectivity index (χ0n) is 12.4. The Bertz CT molecular complexity index is 477. The van der Waals surface area contributed by atoms with Crippen LogP contribution >= 0.6 is 15.9 Å². The third kappa shape index (κ3) is 5.44. The third-order valence-electron chi connectivity index (χ3n) is 2.59. The molecule has 0 aliphatic carbocycles. The average molecular weight is 340 g/mol. The van der Waals surface area contributed by atoms with E-state index in [1.54, 1.807) is 6.92 Å². The first-order valence-electron chi connectivity index (χ1n) is 6.91. The summed E-state index contributed by atoms with van der Waals surface area (Å²) in [5, 5.41) is 3.38. The van der Waals surface area contributed by atoms with Crippen molar-refractivity contribution in [2.45, 2.75) is 33.7 Å². The predicted octanol–water partition coefficient (Wildman–Crippen LogP) is 3.75. The van der Waals surface area contributed by atoms with Crippen molar-refractivity contribution in [1.29, 1.82) is 0 Å². The van der Waals surface area contributed by atoms with Gasteiger partial charge in [0.05, 0.1) is 11.1 Å². The molecule has 0 atom stereocenters. The van der Waals surface area contributed by atoms with Crippen LogP contribution < -0.4 is 14.8 Å². The molecule has 0 saturated heterocycles. The van der Waals surface area contributed by atoms with Gasteiger partial charge in [-0.05, 0) is 60.4 Å². The van der Waals surface area contributed by atoms with Crippen LogP contribution in [0.15, 0.2) is 16.6 Å².